The second kappa shape index (κ2) is 4.83. The Bertz CT molecular complexity index is 517. The molecule has 4 heteroatoms. The Hall–Kier alpha value is -1.58. The van der Waals surface area contributed by atoms with Gasteiger partial charge in [-0.3, -0.25) is 9.59 Å². The molecule has 0 spiro atoms. The molecule has 1 amide bonds. The van der Waals surface area contributed by atoms with Gasteiger partial charge in [0.15, 0.2) is 0 Å². The highest BCUT2D eigenvalue weighted by Crippen LogP contribution is 2.49. The summed E-state index contributed by atoms with van der Waals surface area (Å²) in [5.41, 5.74) is 0.340. The van der Waals surface area contributed by atoms with Crippen LogP contribution in [0.4, 0.5) is 0 Å². The van der Waals surface area contributed by atoms with Crippen LogP contribution in [-0.4, -0.2) is 16.9 Å². The van der Waals surface area contributed by atoms with Crippen molar-refractivity contribution in [2.75, 3.05) is 0 Å². The third kappa shape index (κ3) is 2.44. The lowest BCUT2D eigenvalue weighted by molar-refractivity contribution is 0.0915. The van der Waals surface area contributed by atoms with Crippen molar-refractivity contribution < 1.29 is 4.79 Å². The molecule has 2 saturated carbocycles. The van der Waals surface area contributed by atoms with E-state index in [-0.39, 0.29) is 17.5 Å². The van der Waals surface area contributed by atoms with Gasteiger partial charge in [-0.25, -0.2) is 0 Å². The van der Waals surface area contributed by atoms with Crippen molar-refractivity contribution in [3.63, 3.8) is 0 Å². The van der Waals surface area contributed by atoms with E-state index in [1.165, 1.54) is 37.9 Å². The van der Waals surface area contributed by atoms with E-state index < -0.39 is 0 Å². The molecule has 0 radical (unpaired) electrons. The monoisotopic (exact) mass is 260 g/mol. The van der Waals surface area contributed by atoms with Crippen molar-refractivity contribution in [3.05, 3.63) is 34.2 Å². The molecule has 1 aromatic rings. The molecule has 4 nitrogen and oxygen atoms in total. The van der Waals surface area contributed by atoms with Crippen molar-refractivity contribution in [3.8, 4) is 0 Å². The van der Waals surface area contributed by atoms with Crippen LogP contribution < -0.4 is 10.9 Å². The maximum Gasteiger partial charge on any atom is 0.252 e. The minimum atomic E-state index is -0.183. The van der Waals surface area contributed by atoms with Gasteiger partial charge < -0.3 is 10.3 Å². The smallest absolute Gasteiger partial charge is 0.252 e. The van der Waals surface area contributed by atoms with E-state index in [9.17, 15) is 9.59 Å². The average Bonchev–Trinajstić information content (AvgIpc) is 3.01. The zero-order chi connectivity index (χ0) is 13.4. The van der Waals surface area contributed by atoms with E-state index in [1.54, 1.807) is 6.07 Å². The fourth-order valence-electron chi connectivity index (χ4n) is 3.86. The molecule has 1 aromatic heterocycles. The standard InChI is InChI=1S/C15H20N2O2/c1-9(13-7-10-2-3-11(13)6-10)17-15(19)12-4-5-14(18)16-8-12/h4-5,8-11,13H,2-3,6-7H2,1H3,(H,16,18)(H,17,19)/t9-,10-,11-,13+/m1/s1. The van der Waals surface area contributed by atoms with E-state index in [4.69, 9.17) is 0 Å². The molecule has 102 valence electrons. The van der Waals surface area contributed by atoms with Crippen molar-refractivity contribution in [1.29, 1.82) is 0 Å². The number of H-pyrrole nitrogens is 1. The number of carbonyl (C=O) groups excluding carboxylic acids is 1. The molecule has 2 aliphatic carbocycles. The van der Waals surface area contributed by atoms with Gasteiger partial charge in [0.05, 0.1) is 5.56 Å². The predicted molar refractivity (Wildman–Crippen MR) is 72.9 cm³/mol. The summed E-state index contributed by atoms with van der Waals surface area (Å²) in [6.45, 7) is 2.11. The third-order valence-corrected chi connectivity index (χ3v) is 4.84. The number of pyridine rings is 1. The largest absolute Gasteiger partial charge is 0.349 e. The molecule has 1 heterocycles. The molecule has 0 aromatic carbocycles. The molecule has 2 N–H and O–H groups in total. The van der Waals surface area contributed by atoms with E-state index >= 15 is 0 Å². The number of fused-ring (bicyclic) bond motifs is 2. The summed E-state index contributed by atoms with van der Waals surface area (Å²) in [7, 11) is 0. The first-order chi connectivity index (χ1) is 9.13. The minimum Gasteiger partial charge on any atom is -0.349 e. The van der Waals surface area contributed by atoms with Gasteiger partial charge in [0, 0.05) is 18.3 Å². The van der Waals surface area contributed by atoms with Crippen LogP contribution in [0.25, 0.3) is 0 Å². The first-order valence-electron chi connectivity index (χ1n) is 7.13. The fraction of sp³-hybridized carbons (Fsp3) is 0.600. The number of nitrogens with one attached hydrogen (secondary N) is 2. The Morgan fingerprint density at radius 3 is 2.79 bits per heavy atom. The van der Waals surface area contributed by atoms with E-state index in [2.05, 4.69) is 17.2 Å². The van der Waals surface area contributed by atoms with Crippen LogP contribution in [0.2, 0.25) is 0 Å². The van der Waals surface area contributed by atoms with Gasteiger partial charge in [-0.2, -0.15) is 0 Å². The predicted octanol–water partition coefficient (Wildman–Crippen LogP) is 1.93. The number of amides is 1. The Kier molecular flexibility index (Phi) is 3.17. The van der Waals surface area contributed by atoms with Gasteiger partial charge in [0.25, 0.3) is 5.91 Å². The molecule has 0 saturated heterocycles. The molecular formula is C15H20N2O2. The van der Waals surface area contributed by atoms with Gasteiger partial charge in [-0.1, -0.05) is 6.42 Å². The zero-order valence-corrected chi connectivity index (χ0v) is 11.2. The Labute approximate surface area is 112 Å². The van der Waals surface area contributed by atoms with E-state index in [0.29, 0.717) is 11.5 Å². The molecule has 2 fully saturated rings. The molecule has 0 unspecified atom stereocenters. The van der Waals surface area contributed by atoms with Crippen molar-refractivity contribution in [1.82, 2.24) is 10.3 Å². The lowest BCUT2D eigenvalue weighted by atomic mass is 9.84. The maximum atomic E-state index is 12.1. The van der Waals surface area contributed by atoms with Crippen LogP contribution >= 0.6 is 0 Å². The minimum absolute atomic E-state index is 0.0912. The van der Waals surface area contributed by atoms with Crippen molar-refractivity contribution in [2.45, 2.75) is 38.6 Å². The maximum absolute atomic E-state index is 12.1. The summed E-state index contributed by atoms with van der Waals surface area (Å²) in [6, 6.07) is 3.17. The van der Waals surface area contributed by atoms with Gasteiger partial charge in [0.2, 0.25) is 5.56 Å². The number of carbonyl (C=O) groups is 1. The van der Waals surface area contributed by atoms with Gasteiger partial charge >= 0.3 is 0 Å². The first-order valence-corrected chi connectivity index (χ1v) is 7.13. The lowest BCUT2D eigenvalue weighted by Crippen LogP contribution is -2.40. The molecule has 4 atom stereocenters. The summed E-state index contributed by atoms with van der Waals surface area (Å²) in [6.07, 6.45) is 6.79. The average molecular weight is 260 g/mol. The topological polar surface area (TPSA) is 62.0 Å². The van der Waals surface area contributed by atoms with Crippen LogP contribution in [0, 0.1) is 17.8 Å². The van der Waals surface area contributed by atoms with E-state index in [0.717, 1.165) is 11.8 Å². The van der Waals surface area contributed by atoms with Crippen LogP contribution in [0.15, 0.2) is 23.1 Å². The highest BCUT2D eigenvalue weighted by atomic mass is 16.2. The SMILES string of the molecule is C[C@@H](NC(=O)c1ccc(=O)[nH]c1)[C@@H]1C[C@@H]2CC[C@@H]1C2. The lowest BCUT2D eigenvalue weighted by Gasteiger charge is -2.28. The van der Waals surface area contributed by atoms with E-state index in [1.807, 2.05) is 0 Å². The number of rotatable bonds is 3. The van der Waals surface area contributed by atoms with Crippen LogP contribution in [0.3, 0.4) is 0 Å². The van der Waals surface area contributed by atoms with Crippen LogP contribution in [-0.2, 0) is 0 Å². The number of hydrogen-bond donors (Lipinski definition) is 2. The van der Waals surface area contributed by atoms with Crippen LogP contribution in [0.5, 0.6) is 0 Å². The second-order valence-electron chi connectivity index (χ2n) is 6.04. The van der Waals surface area contributed by atoms with Gasteiger partial charge in [-0.15, -0.1) is 0 Å². The summed E-state index contributed by atoms with van der Waals surface area (Å²) < 4.78 is 0. The summed E-state index contributed by atoms with van der Waals surface area (Å²) in [4.78, 5) is 25.6. The van der Waals surface area contributed by atoms with Crippen molar-refractivity contribution >= 4 is 5.91 Å². The first kappa shape index (κ1) is 12.5. The normalized spacial score (nSPS) is 30.3. The molecule has 19 heavy (non-hydrogen) atoms. The Morgan fingerprint density at radius 2 is 2.21 bits per heavy atom. The molecule has 2 aliphatic rings. The third-order valence-electron chi connectivity index (χ3n) is 4.84. The number of hydrogen-bond acceptors (Lipinski definition) is 2. The molecule has 0 aliphatic heterocycles. The molecule has 2 bridgehead atoms. The Balaban J connectivity index is 1.63. The fourth-order valence-corrected chi connectivity index (χ4v) is 3.86. The summed E-state index contributed by atoms with van der Waals surface area (Å²) in [5, 5.41) is 3.08. The van der Waals surface area contributed by atoms with Crippen LogP contribution in [0.1, 0.15) is 43.0 Å². The van der Waals surface area contributed by atoms with Gasteiger partial charge in [-0.05, 0) is 50.0 Å². The highest BCUT2D eigenvalue weighted by molar-refractivity contribution is 5.93. The number of aromatic nitrogens is 1. The van der Waals surface area contributed by atoms with Crippen molar-refractivity contribution in [2.24, 2.45) is 17.8 Å². The quantitative estimate of drug-likeness (QED) is 0.872. The Morgan fingerprint density at radius 1 is 1.37 bits per heavy atom. The highest BCUT2D eigenvalue weighted by Gasteiger charge is 2.42. The molecule has 3 rings (SSSR count). The zero-order valence-electron chi connectivity index (χ0n) is 11.2. The molecular weight excluding hydrogens is 240 g/mol. The number of aromatic amines is 1. The summed E-state index contributed by atoms with van der Waals surface area (Å²) >= 11 is 0. The van der Waals surface area contributed by atoms with Gasteiger partial charge in [0.1, 0.15) is 0 Å². The second-order valence-corrected chi connectivity index (χ2v) is 6.04. The summed E-state index contributed by atoms with van der Waals surface area (Å²) in [5.74, 6) is 2.23.